The molecule has 0 saturated carbocycles. The average Bonchev–Trinajstić information content (AvgIpc) is 3.01. The number of benzene rings is 1. The maximum absolute atomic E-state index is 14.9. The van der Waals surface area contributed by atoms with Crippen LogP contribution in [0.15, 0.2) is 35.1 Å². The number of aromatic nitrogens is 2. The van der Waals surface area contributed by atoms with E-state index in [-0.39, 0.29) is 30.0 Å². The van der Waals surface area contributed by atoms with Gasteiger partial charge in [0, 0.05) is 40.8 Å². The van der Waals surface area contributed by atoms with Gasteiger partial charge in [-0.05, 0) is 53.8 Å². The maximum Gasteiger partial charge on any atom is 0.234 e. The van der Waals surface area contributed by atoms with Crippen molar-refractivity contribution in [1.82, 2.24) is 14.9 Å². The highest BCUT2D eigenvalue weighted by Gasteiger charge is 2.20. The number of nitrogens with zero attached hydrogens (tertiary/aromatic N) is 2. The van der Waals surface area contributed by atoms with E-state index in [1.54, 1.807) is 37.5 Å². The van der Waals surface area contributed by atoms with Gasteiger partial charge in [0.2, 0.25) is 10.0 Å². The number of H-pyrrole nitrogens is 1. The Morgan fingerprint density at radius 3 is 2.75 bits per heavy atom. The Kier molecular flexibility index (Phi) is 6.01. The number of sulfonamides is 1. The molecule has 28 heavy (non-hydrogen) atoms. The first-order valence-corrected chi connectivity index (χ1v) is 10.8. The van der Waals surface area contributed by atoms with Crippen molar-refractivity contribution in [3.05, 3.63) is 57.8 Å². The van der Waals surface area contributed by atoms with Gasteiger partial charge in [-0.1, -0.05) is 0 Å². The van der Waals surface area contributed by atoms with Crippen molar-refractivity contribution in [3.63, 3.8) is 0 Å². The van der Waals surface area contributed by atoms with Crippen LogP contribution in [0.2, 0.25) is 0 Å². The van der Waals surface area contributed by atoms with Gasteiger partial charge in [-0.3, -0.25) is 4.72 Å². The summed E-state index contributed by atoms with van der Waals surface area (Å²) in [5, 5.41) is 0.727. The van der Waals surface area contributed by atoms with Gasteiger partial charge in [-0.2, -0.15) is 0 Å². The molecule has 0 aliphatic heterocycles. The lowest BCUT2D eigenvalue weighted by molar-refractivity contribution is 0.432. The van der Waals surface area contributed by atoms with Crippen molar-refractivity contribution in [1.29, 1.82) is 0 Å². The predicted octanol–water partition coefficient (Wildman–Crippen LogP) is 3.50. The van der Waals surface area contributed by atoms with Crippen LogP contribution in [-0.4, -0.2) is 49.7 Å². The smallest absolute Gasteiger partial charge is 0.234 e. The van der Waals surface area contributed by atoms with Crippen molar-refractivity contribution in [2.45, 2.75) is 6.42 Å². The van der Waals surface area contributed by atoms with Crippen molar-refractivity contribution in [2.75, 3.05) is 31.1 Å². The number of rotatable bonds is 7. The number of aromatic amines is 1. The lowest BCUT2D eigenvalue weighted by Crippen LogP contribution is -2.26. The summed E-state index contributed by atoms with van der Waals surface area (Å²) < 4.78 is 56.5. The number of pyridine rings is 1. The van der Waals surface area contributed by atoms with Crippen LogP contribution in [0.5, 0.6) is 0 Å². The lowest BCUT2D eigenvalue weighted by Gasteiger charge is -2.14. The van der Waals surface area contributed by atoms with Gasteiger partial charge < -0.3 is 9.88 Å². The van der Waals surface area contributed by atoms with Gasteiger partial charge >= 0.3 is 0 Å². The molecule has 2 heterocycles. The Balaban J connectivity index is 1.92. The van der Waals surface area contributed by atoms with E-state index in [1.165, 1.54) is 0 Å². The van der Waals surface area contributed by atoms with Gasteiger partial charge in [0.05, 0.1) is 11.4 Å². The summed E-state index contributed by atoms with van der Waals surface area (Å²) in [7, 11) is -0.287. The summed E-state index contributed by atoms with van der Waals surface area (Å²) in [6, 6.07) is 3.96. The largest absolute Gasteiger partial charge is 0.346 e. The molecule has 1 aromatic carbocycles. The molecule has 3 aromatic rings. The molecule has 10 heteroatoms. The Morgan fingerprint density at radius 2 is 2.04 bits per heavy atom. The highest BCUT2D eigenvalue weighted by molar-refractivity contribution is 9.10. The normalized spacial score (nSPS) is 12.1. The number of nitrogens with one attached hydrogen (secondary N) is 2. The zero-order chi connectivity index (χ0) is 20.5. The SMILES string of the molecule is CN(C)CCS(=O)(=O)Nc1ccc(F)c(Cc2c[nH]c3ncc(Br)cc23)c1F. The number of hydrogen-bond acceptors (Lipinski definition) is 4. The molecule has 2 aromatic heterocycles. The molecule has 2 N–H and O–H groups in total. The summed E-state index contributed by atoms with van der Waals surface area (Å²) >= 11 is 3.33. The molecule has 0 amide bonds. The van der Waals surface area contributed by atoms with E-state index in [0.717, 1.165) is 22.0 Å². The fourth-order valence-electron chi connectivity index (χ4n) is 2.73. The number of hydrogen-bond donors (Lipinski definition) is 2. The summed E-state index contributed by atoms with van der Waals surface area (Å²) in [5.74, 6) is -1.87. The minimum absolute atomic E-state index is 0.0525. The summed E-state index contributed by atoms with van der Waals surface area (Å²) in [6.07, 6.45) is 3.20. The van der Waals surface area contributed by atoms with Crippen LogP contribution in [0.25, 0.3) is 11.0 Å². The highest BCUT2D eigenvalue weighted by Crippen LogP contribution is 2.28. The van der Waals surface area contributed by atoms with Crippen LogP contribution in [-0.2, 0) is 16.4 Å². The van der Waals surface area contributed by atoms with Gasteiger partial charge in [-0.15, -0.1) is 0 Å². The monoisotopic (exact) mass is 472 g/mol. The standard InChI is InChI=1S/C18H19BrF2N4O2S/c1-25(2)5-6-28(26,27)24-16-4-3-15(20)14(17(16)21)7-11-9-22-18-13(11)8-12(19)10-23-18/h3-4,8-10,24H,5-7H2,1-2H3,(H,22,23). The van der Waals surface area contributed by atoms with E-state index in [9.17, 15) is 17.2 Å². The zero-order valence-electron chi connectivity index (χ0n) is 15.3. The lowest BCUT2D eigenvalue weighted by atomic mass is 10.0. The number of halogens is 3. The van der Waals surface area contributed by atoms with Crippen LogP contribution >= 0.6 is 15.9 Å². The highest BCUT2D eigenvalue weighted by atomic mass is 79.9. The second-order valence-corrected chi connectivity index (χ2v) is 9.41. The Hall–Kier alpha value is -2.04. The first-order chi connectivity index (χ1) is 13.2. The minimum atomic E-state index is -3.76. The third-order valence-electron chi connectivity index (χ3n) is 4.21. The van der Waals surface area contributed by atoms with Crippen molar-refractivity contribution >= 4 is 42.7 Å². The minimum Gasteiger partial charge on any atom is -0.346 e. The topological polar surface area (TPSA) is 78.1 Å². The van der Waals surface area contributed by atoms with Gasteiger partial charge in [0.25, 0.3) is 0 Å². The summed E-state index contributed by atoms with van der Waals surface area (Å²) in [5.41, 5.74) is 0.761. The zero-order valence-corrected chi connectivity index (χ0v) is 17.7. The molecule has 0 aliphatic rings. The molecule has 0 radical (unpaired) electrons. The molecule has 0 spiro atoms. The number of fused-ring (bicyclic) bond motifs is 1. The van der Waals surface area contributed by atoms with E-state index < -0.39 is 21.7 Å². The van der Waals surface area contributed by atoms with Gasteiger partial charge in [0.1, 0.15) is 11.5 Å². The first kappa shape index (κ1) is 20.7. The summed E-state index contributed by atoms with van der Waals surface area (Å²) in [6.45, 7) is 0.280. The Bertz CT molecular complexity index is 1120. The molecular weight excluding hydrogens is 454 g/mol. The fourth-order valence-corrected chi connectivity index (χ4v) is 4.26. The molecule has 0 unspecified atom stereocenters. The van der Waals surface area contributed by atoms with Crippen LogP contribution in [0.3, 0.4) is 0 Å². The van der Waals surface area contributed by atoms with E-state index in [4.69, 9.17) is 0 Å². The second kappa shape index (κ2) is 8.14. The fraction of sp³-hybridized carbons (Fsp3) is 0.278. The van der Waals surface area contributed by atoms with Crippen LogP contribution in [0, 0.1) is 11.6 Å². The van der Waals surface area contributed by atoms with Crippen molar-refractivity contribution in [2.24, 2.45) is 0 Å². The van der Waals surface area contributed by atoms with Gasteiger partial charge in [0.15, 0.2) is 5.82 Å². The molecule has 150 valence electrons. The van der Waals surface area contributed by atoms with E-state index in [2.05, 4.69) is 30.6 Å². The van der Waals surface area contributed by atoms with Gasteiger partial charge in [-0.25, -0.2) is 22.2 Å². The Morgan fingerprint density at radius 1 is 1.29 bits per heavy atom. The molecule has 0 aliphatic carbocycles. The molecule has 6 nitrogen and oxygen atoms in total. The Labute approximate surface area is 170 Å². The third-order valence-corrected chi connectivity index (χ3v) is 5.89. The third kappa shape index (κ3) is 4.68. The molecule has 0 fully saturated rings. The molecular formula is C18H19BrF2N4O2S. The van der Waals surface area contributed by atoms with Crippen molar-refractivity contribution in [3.8, 4) is 0 Å². The van der Waals surface area contributed by atoms with Crippen molar-refractivity contribution < 1.29 is 17.2 Å². The molecule has 3 rings (SSSR count). The van der Waals surface area contributed by atoms with Crippen LogP contribution < -0.4 is 4.72 Å². The summed E-state index contributed by atoms with van der Waals surface area (Å²) in [4.78, 5) is 8.87. The molecule has 0 atom stereocenters. The maximum atomic E-state index is 14.9. The van der Waals surface area contributed by atoms with Crippen LogP contribution in [0.4, 0.5) is 14.5 Å². The first-order valence-electron chi connectivity index (χ1n) is 8.40. The average molecular weight is 473 g/mol. The quantitative estimate of drug-likeness (QED) is 0.551. The van der Waals surface area contributed by atoms with Crippen LogP contribution in [0.1, 0.15) is 11.1 Å². The predicted molar refractivity (Wildman–Crippen MR) is 109 cm³/mol. The van der Waals surface area contributed by atoms with E-state index in [0.29, 0.717) is 11.2 Å². The van der Waals surface area contributed by atoms with E-state index >= 15 is 0 Å². The molecule has 0 saturated heterocycles. The molecule has 0 bridgehead atoms. The number of anilines is 1. The second-order valence-electron chi connectivity index (χ2n) is 6.65. The van der Waals surface area contributed by atoms with E-state index in [1.807, 2.05) is 0 Å².